The predicted octanol–water partition coefficient (Wildman–Crippen LogP) is 3.15. The molecular weight excluding hydrogens is 390 g/mol. The van der Waals surface area contributed by atoms with Gasteiger partial charge in [-0.2, -0.15) is 5.10 Å². The van der Waals surface area contributed by atoms with Crippen molar-refractivity contribution in [2.24, 2.45) is 0 Å². The molecule has 1 aliphatic heterocycles. The minimum absolute atomic E-state index is 0.103. The van der Waals surface area contributed by atoms with Crippen LogP contribution in [0.25, 0.3) is 17.1 Å². The second-order valence-electron chi connectivity index (χ2n) is 8.15. The van der Waals surface area contributed by atoms with Crippen molar-refractivity contribution in [1.82, 2.24) is 29.6 Å². The average Bonchev–Trinajstić information content (AvgIpc) is 3.14. The number of hydrogen-bond donors (Lipinski definition) is 1. The maximum atomic E-state index is 12.7. The van der Waals surface area contributed by atoms with Crippen LogP contribution < -0.4 is 10.5 Å². The van der Waals surface area contributed by atoms with E-state index in [1.807, 2.05) is 19.2 Å². The van der Waals surface area contributed by atoms with Crippen LogP contribution >= 0.6 is 0 Å². The zero-order valence-corrected chi connectivity index (χ0v) is 18.6. The average molecular weight is 422 g/mol. The molecule has 1 aliphatic rings. The van der Waals surface area contributed by atoms with Gasteiger partial charge in [-0.3, -0.25) is 9.69 Å². The van der Waals surface area contributed by atoms with Gasteiger partial charge in [0.2, 0.25) is 5.95 Å². The fourth-order valence-corrected chi connectivity index (χ4v) is 4.34. The molecule has 0 unspecified atom stereocenters. The number of H-pyrrole nitrogens is 1. The predicted molar refractivity (Wildman–Crippen MR) is 124 cm³/mol. The zero-order valence-electron chi connectivity index (χ0n) is 18.6. The van der Waals surface area contributed by atoms with Gasteiger partial charge in [-0.1, -0.05) is 6.58 Å². The second kappa shape index (κ2) is 9.01. The molecule has 1 saturated heterocycles. The summed E-state index contributed by atoms with van der Waals surface area (Å²) in [6.07, 6.45) is 7.41. The maximum absolute atomic E-state index is 12.7. The normalized spacial score (nSPS) is 15.5. The lowest BCUT2D eigenvalue weighted by molar-refractivity contribution is 0.203. The summed E-state index contributed by atoms with van der Waals surface area (Å²) in [5.74, 6) is 1.01. The molecule has 1 fully saturated rings. The summed E-state index contributed by atoms with van der Waals surface area (Å²) in [5.41, 5.74) is 3.89. The van der Waals surface area contributed by atoms with Gasteiger partial charge < -0.3 is 9.88 Å². The van der Waals surface area contributed by atoms with E-state index < -0.39 is 0 Å². The standard InChI is InChI=1S/C23H31N7O/c1-5-29(6-2)23-24-13-19-21(26-23)12-20(25-22(19)31)17-8-10-28(11-9-17)14-18-15-30(7-3)27-16(18)4/h7,12-13,15,17H,3,5-6,8-11,14H2,1-2,4H3,(H,25,31). The molecule has 8 heteroatoms. The number of aryl methyl sites for hydroxylation is 1. The van der Waals surface area contributed by atoms with Crippen molar-refractivity contribution >= 4 is 23.1 Å². The minimum atomic E-state index is -0.103. The number of hydrogen-bond acceptors (Lipinski definition) is 6. The van der Waals surface area contributed by atoms with Crippen LogP contribution in [0.1, 0.15) is 49.6 Å². The fraction of sp³-hybridized carbons (Fsp3) is 0.478. The van der Waals surface area contributed by atoms with E-state index in [-0.39, 0.29) is 5.56 Å². The number of likely N-dealkylation sites (tertiary alicyclic amines) is 1. The third kappa shape index (κ3) is 4.39. The quantitative estimate of drug-likeness (QED) is 0.631. The van der Waals surface area contributed by atoms with Gasteiger partial charge in [0, 0.05) is 55.4 Å². The number of rotatable bonds is 7. The Kier molecular flexibility index (Phi) is 6.18. The molecule has 0 aromatic carbocycles. The highest BCUT2D eigenvalue weighted by Gasteiger charge is 2.23. The van der Waals surface area contributed by atoms with Crippen LogP contribution in [-0.2, 0) is 6.54 Å². The summed E-state index contributed by atoms with van der Waals surface area (Å²) < 4.78 is 1.77. The molecule has 0 atom stereocenters. The molecule has 0 saturated carbocycles. The van der Waals surface area contributed by atoms with Gasteiger partial charge in [-0.25, -0.2) is 14.6 Å². The molecule has 4 rings (SSSR count). The molecule has 4 heterocycles. The van der Waals surface area contributed by atoms with Crippen molar-refractivity contribution in [3.05, 3.63) is 52.3 Å². The summed E-state index contributed by atoms with van der Waals surface area (Å²) in [5, 5.41) is 4.99. The van der Waals surface area contributed by atoms with Crippen molar-refractivity contribution in [1.29, 1.82) is 0 Å². The third-order valence-electron chi connectivity index (χ3n) is 6.27. The van der Waals surface area contributed by atoms with Gasteiger partial charge in [0.15, 0.2) is 0 Å². The first kappa shape index (κ1) is 21.2. The highest BCUT2D eigenvalue weighted by atomic mass is 16.1. The topological polar surface area (TPSA) is 82.9 Å². The fourth-order valence-electron chi connectivity index (χ4n) is 4.34. The summed E-state index contributed by atoms with van der Waals surface area (Å²) >= 11 is 0. The molecule has 0 radical (unpaired) electrons. The number of piperidine rings is 1. The van der Waals surface area contributed by atoms with E-state index in [0.717, 1.165) is 62.5 Å². The molecule has 0 aliphatic carbocycles. The van der Waals surface area contributed by atoms with Crippen LogP contribution in [0.4, 0.5) is 5.95 Å². The highest BCUT2D eigenvalue weighted by molar-refractivity contribution is 5.78. The number of aromatic nitrogens is 5. The monoisotopic (exact) mass is 421 g/mol. The molecule has 3 aromatic rings. The van der Waals surface area contributed by atoms with Crippen LogP contribution in [0, 0.1) is 6.92 Å². The second-order valence-corrected chi connectivity index (χ2v) is 8.15. The van der Waals surface area contributed by atoms with Gasteiger partial charge >= 0.3 is 0 Å². The summed E-state index contributed by atoms with van der Waals surface area (Å²) in [7, 11) is 0. The smallest absolute Gasteiger partial charge is 0.259 e. The Bertz CT molecular complexity index is 1120. The summed E-state index contributed by atoms with van der Waals surface area (Å²) in [4.78, 5) is 29.4. The highest BCUT2D eigenvalue weighted by Crippen LogP contribution is 2.28. The van der Waals surface area contributed by atoms with Gasteiger partial charge in [-0.15, -0.1) is 0 Å². The minimum Gasteiger partial charge on any atom is -0.341 e. The Morgan fingerprint density at radius 2 is 2.03 bits per heavy atom. The number of anilines is 1. The van der Waals surface area contributed by atoms with E-state index in [1.54, 1.807) is 17.1 Å². The Hall–Kier alpha value is -3.00. The Labute approximate surface area is 182 Å². The van der Waals surface area contributed by atoms with Crippen molar-refractivity contribution in [2.45, 2.75) is 46.1 Å². The van der Waals surface area contributed by atoms with Crippen LogP contribution in [0.2, 0.25) is 0 Å². The molecule has 3 aromatic heterocycles. The Balaban J connectivity index is 1.49. The van der Waals surface area contributed by atoms with Crippen LogP contribution in [0.5, 0.6) is 0 Å². The van der Waals surface area contributed by atoms with E-state index >= 15 is 0 Å². The first-order valence-corrected chi connectivity index (χ1v) is 11.1. The van der Waals surface area contributed by atoms with Gasteiger partial charge in [0.1, 0.15) is 0 Å². The molecule has 8 nitrogen and oxygen atoms in total. The summed E-state index contributed by atoms with van der Waals surface area (Å²) in [6.45, 7) is 14.5. The number of nitrogens with one attached hydrogen (secondary N) is 1. The molecule has 0 amide bonds. The molecule has 0 spiro atoms. The number of fused-ring (bicyclic) bond motifs is 1. The summed E-state index contributed by atoms with van der Waals surface area (Å²) in [6, 6.07) is 2.05. The van der Waals surface area contributed by atoms with E-state index in [1.165, 1.54) is 5.56 Å². The molecule has 31 heavy (non-hydrogen) atoms. The first-order chi connectivity index (χ1) is 15.0. The van der Waals surface area contributed by atoms with Crippen molar-refractivity contribution < 1.29 is 0 Å². The first-order valence-electron chi connectivity index (χ1n) is 11.1. The van der Waals surface area contributed by atoms with Crippen molar-refractivity contribution in [3.8, 4) is 0 Å². The van der Waals surface area contributed by atoms with E-state index in [0.29, 0.717) is 17.3 Å². The lowest BCUT2D eigenvalue weighted by Crippen LogP contribution is -2.33. The Morgan fingerprint density at radius 1 is 1.29 bits per heavy atom. The number of nitrogens with zero attached hydrogens (tertiary/aromatic N) is 6. The van der Waals surface area contributed by atoms with Crippen molar-refractivity contribution in [3.63, 3.8) is 0 Å². The van der Waals surface area contributed by atoms with Crippen molar-refractivity contribution in [2.75, 3.05) is 31.1 Å². The SMILES string of the molecule is C=Cn1cc(CN2CCC(c3cc4nc(N(CC)CC)ncc4c(=O)[nH]3)CC2)c(C)n1. The lowest BCUT2D eigenvalue weighted by atomic mass is 9.92. The Morgan fingerprint density at radius 3 is 2.68 bits per heavy atom. The van der Waals surface area contributed by atoms with E-state index in [2.05, 4.69) is 45.3 Å². The van der Waals surface area contributed by atoms with Crippen LogP contribution in [0.3, 0.4) is 0 Å². The van der Waals surface area contributed by atoms with E-state index in [4.69, 9.17) is 4.98 Å². The number of aromatic amines is 1. The lowest BCUT2D eigenvalue weighted by Gasteiger charge is -2.31. The van der Waals surface area contributed by atoms with Crippen LogP contribution in [-0.4, -0.2) is 55.8 Å². The van der Waals surface area contributed by atoms with E-state index in [9.17, 15) is 4.79 Å². The zero-order chi connectivity index (χ0) is 22.0. The van der Waals surface area contributed by atoms with Crippen LogP contribution in [0.15, 0.2) is 29.8 Å². The van der Waals surface area contributed by atoms with Gasteiger partial charge in [-0.05, 0) is 52.8 Å². The third-order valence-corrected chi connectivity index (χ3v) is 6.27. The van der Waals surface area contributed by atoms with Gasteiger partial charge in [0.05, 0.1) is 16.6 Å². The number of pyridine rings is 1. The largest absolute Gasteiger partial charge is 0.341 e. The molecular formula is C23H31N7O. The molecule has 164 valence electrons. The molecule has 0 bridgehead atoms. The molecule has 1 N–H and O–H groups in total. The maximum Gasteiger partial charge on any atom is 0.259 e. The van der Waals surface area contributed by atoms with Gasteiger partial charge in [0.25, 0.3) is 5.56 Å².